The first-order valence-electron chi connectivity index (χ1n) is 23.2. The van der Waals surface area contributed by atoms with E-state index >= 15 is 0 Å². The molecule has 1 amide bonds. The Bertz CT molecular complexity index is 1720. The lowest BCUT2D eigenvalue weighted by molar-refractivity contribution is -0.265. The van der Waals surface area contributed by atoms with Gasteiger partial charge in [-0.25, -0.2) is 4.79 Å². The quantitative estimate of drug-likeness (QED) is 0.145. The molecule has 0 radical (unpaired) electrons. The Hall–Kier alpha value is -3.37. The molecule has 0 spiro atoms. The van der Waals surface area contributed by atoms with Gasteiger partial charge in [0.2, 0.25) is 5.79 Å². The number of amides is 1. The first kappa shape index (κ1) is 52.3. The topological polar surface area (TPSA) is 217 Å². The fourth-order valence-electron chi connectivity index (χ4n) is 9.61. The van der Waals surface area contributed by atoms with Gasteiger partial charge < -0.3 is 44.6 Å². The van der Waals surface area contributed by atoms with E-state index < -0.39 is 95.9 Å². The number of ketones is 3. The smallest absolute Gasteiger partial charge is 0.329 e. The Morgan fingerprint density at radius 1 is 0.857 bits per heavy atom. The molecule has 2 saturated heterocycles. The van der Waals surface area contributed by atoms with Gasteiger partial charge in [-0.2, -0.15) is 0 Å². The Kier molecular flexibility index (Phi) is 19.7. The number of aliphatic hydroxyl groups is 5. The fourth-order valence-corrected chi connectivity index (χ4v) is 9.61. The van der Waals surface area contributed by atoms with Crippen molar-refractivity contribution in [1.82, 2.24) is 4.90 Å². The molecule has 5 N–H and O–H groups in total. The average molecular weight is 886 g/mol. The molecule has 14 nitrogen and oxygen atoms in total. The summed E-state index contributed by atoms with van der Waals surface area (Å²) in [6.07, 6.45) is 7.96. The zero-order chi connectivity index (χ0) is 46.8. The molecule has 1 aliphatic carbocycles. The van der Waals surface area contributed by atoms with E-state index in [2.05, 4.69) is 0 Å². The molecule has 1 unspecified atom stereocenters. The maximum Gasteiger partial charge on any atom is 0.329 e. The van der Waals surface area contributed by atoms with E-state index in [1.165, 1.54) is 7.11 Å². The normalized spacial score (nSPS) is 41.3. The van der Waals surface area contributed by atoms with E-state index in [0.29, 0.717) is 68.9 Å². The van der Waals surface area contributed by atoms with Crippen LogP contribution in [0.25, 0.3) is 0 Å². The van der Waals surface area contributed by atoms with Crippen molar-refractivity contribution in [2.45, 2.75) is 180 Å². The third kappa shape index (κ3) is 13.8. The zero-order valence-electron chi connectivity index (χ0n) is 38.7. The summed E-state index contributed by atoms with van der Waals surface area (Å²) in [6, 6.07) is -1.18. The van der Waals surface area contributed by atoms with Gasteiger partial charge in [-0.15, -0.1) is 0 Å². The molecule has 0 aromatic rings. The monoisotopic (exact) mass is 886 g/mol. The number of Topliss-reactive ketones (excluding diaryl/α,β-unsaturated/α-hetero) is 3. The van der Waals surface area contributed by atoms with Crippen LogP contribution in [0, 0.1) is 35.5 Å². The molecule has 4 rings (SSSR count). The summed E-state index contributed by atoms with van der Waals surface area (Å²) in [5.41, 5.74) is 0.978. The van der Waals surface area contributed by atoms with Crippen molar-refractivity contribution in [3.63, 3.8) is 0 Å². The second-order valence-electron chi connectivity index (χ2n) is 19.2. The summed E-state index contributed by atoms with van der Waals surface area (Å²) in [5.74, 6) is -8.57. The van der Waals surface area contributed by atoms with Gasteiger partial charge in [-0.05, 0) is 107 Å². The van der Waals surface area contributed by atoms with Crippen molar-refractivity contribution in [3.05, 3.63) is 47.6 Å². The number of rotatable bonds is 4. The standard InChI is InChI=1S/C49H75NO13/c1-28-14-10-9-11-15-29(2)39(52)26-36-19-17-34(7)49(60,63-36)46(57)47(58)50-21-13-12-16-37(50)48(59)62-42(31(4)24-35-18-20-38(51)41(54)25-35)27-40(53)30(3)23-33(6)44(56)45(61-8)43(55)32(5)22-28/h9-11,14-15,23,28,30-32,34-39,41-42,44-45,51-52,54,56,60H,12-13,16-22,24-27H2,1-8H3/b11-9+,14-10+,29-15+,33-23+/t28-,30-,31-,32-,34-,35+,36+,37?,38-,39+,41-,42+,44-,45+,49-/m1/s1. The third-order valence-corrected chi connectivity index (χ3v) is 13.9. The zero-order valence-corrected chi connectivity index (χ0v) is 38.7. The molecule has 15 atom stereocenters. The van der Waals surface area contributed by atoms with E-state index in [0.717, 1.165) is 4.90 Å². The summed E-state index contributed by atoms with van der Waals surface area (Å²) in [5, 5.41) is 54.8. The lowest BCUT2D eigenvalue weighted by atomic mass is 9.78. The molecule has 0 aromatic heterocycles. The largest absolute Gasteiger partial charge is 0.460 e. The van der Waals surface area contributed by atoms with Gasteiger partial charge in [0.25, 0.3) is 11.7 Å². The maximum absolute atomic E-state index is 14.2. The van der Waals surface area contributed by atoms with Crippen molar-refractivity contribution in [1.29, 1.82) is 0 Å². The van der Waals surface area contributed by atoms with Gasteiger partial charge in [-0.3, -0.25) is 19.2 Å². The first-order chi connectivity index (χ1) is 29.7. The number of methoxy groups -OCH3 is 1. The number of hydrogen-bond acceptors (Lipinski definition) is 13. The minimum Gasteiger partial charge on any atom is -0.460 e. The van der Waals surface area contributed by atoms with E-state index in [-0.39, 0.29) is 49.2 Å². The summed E-state index contributed by atoms with van der Waals surface area (Å²) in [4.78, 5) is 71.2. The number of ether oxygens (including phenoxy) is 3. The lowest BCUT2D eigenvalue weighted by Gasteiger charge is -2.42. The number of carbonyl (C=O) groups is 5. The Morgan fingerprint density at radius 3 is 2.25 bits per heavy atom. The van der Waals surface area contributed by atoms with Crippen LogP contribution in [0.5, 0.6) is 0 Å². The molecule has 354 valence electrons. The van der Waals surface area contributed by atoms with Gasteiger partial charge in [0.1, 0.15) is 30.1 Å². The number of piperidine rings is 1. The van der Waals surface area contributed by atoms with Crippen molar-refractivity contribution in [2.75, 3.05) is 13.7 Å². The summed E-state index contributed by atoms with van der Waals surface area (Å²) in [6.45, 7) is 12.3. The number of nitrogens with zero attached hydrogens (tertiary/aromatic N) is 1. The number of aliphatic hydroxyl groups excluding tert-OH is 4. The van der Waals surface area contributed by atoms with Gasteiger partial charge in [0.05, 0.1) is 24.4 Å². The van der Waals surface area contributed by atoms with Gasteiger partial charge in [0, 0.05) is 44.2 Å². The number of carbonyl (C=O) groups excluding carboxylic acids is 5. The van der Waals surface area contributed by atoms with E-state index in [1.807, 2.05) is 26.0 Å². The molecule has 3 fully saturated rings. The number of fused-ring (bicyclic) bond motifs is 3. The Balaban J connectivity index is 1.69. The highest BCUT2D eigenvalue weighted by Gasteiger charge is 2.53. The molecule has 63 heavy (non-hydrogen) atoms. The lowest BCUT2D eigenvalue weighted by Crippen LogP contribution is -2.61. The van der Waals surface area contributed by atoms with E-state index in [4.69, 9.17) is 14.2 Å². The molecule has 3 aliphatic heterocycles. The van der Waals surface area contributed by atoms with Crippen LogP contribution in [-0.2, 0) is 38.2 Å². The highest BCUT2D eigenvalue weighted by atomic mass is 16.6. The van der Waals surface area contributed by atoms with Crippen LogP contribution < -0.4 is 0 Å². The fraction of sp³-hybridized carbons (Fsp3) is 0.735. The number of allylic oxidation sites excluding steroid dienone is 6. The van der Waals surface area contributed by atoms with Crippen LogP contribution >= 0.6 is 0 Å². The Labute approximate surface area is 373 Å². The van der Waals surface area contributed by atoms with Crippen molar-refractivity contribution >= 4 is 29.2 Å². The highest BCUT2D eigenvalue weighted by Crippen LogP contribution is 2.37. The summed E-state index contributed by atoms with van der Waals surface area (Å²) in [7, 11) is 1.36. The molecule has 14 heteroatoms. The second-order valence-corrected chi connectivity index (χ2v) is 19.2. The molecular formula is C49H75NO13. The van der Waals surface area contributed by atoms with Gasteiger partial charge in [0.15, 0.2) is 5.78 Å². The number of esters is 1. The molecule has 0 aromatic carbocycles. The molecule has 2 bridgehead atoms. The predicted molar refractivity (Wildman–Crippen MR) is 236 cm³/mol. The Morgan fingerprint density at radius 2 is 1.57 bits per heavy atom. The second kappa shape index (κ2) is 23.7. The summed E-state index contributed by atoms with van der Waals surface area (Å²) >= 11 is 0. The van der Waals surface area contributed by atoms with Crippen LogP contribution in [0.15, 0.2) is 47.6 Å². The molecule has 3 heterocycles. The SMILES string of the molecule is CO[C@H]1C(=O)[C@H](C)C[C@H](C)/C=C/C=C/C=C(\C)[C@@H](O)C[C@@H]2CC[C@@H](C)[C@@](O)(O2)C(=O)C(=O)N2CCCCC2C(=O)O[C@H]([C@H](C)C[C@@H]2CC[C@@H](O)[C@H](O)C2)CC(=O)[C@H](C)/C=C(\C)[C@H]1O. The van der Waals surface area contributed by atoms with Crippen molar-refractivity contribution in [2.24, 2.45) is 35.5 Å². The van der Waals surface area contributed by atoms with Crippen LogP contribution in [0.4, 0.5) is 0 Å². The molecule has 1 saturated carbocycles. The third-order valence-electron chi connectivity index (χ3n) is 13.9. The molecule has 4 aliphatic rings. The highest BCUT2D eigenvalue weighted by molar-refractivity contribution is 6.39. The van der Waals surface area contributed by atoms with Gasteiger partial charge >= 0.3 is 5.97 Å². The number of cyclic esters (lactones) is 1. The van der Waals surface area contributed by atoms with Crippen molar-refractivity contribution in [3.8, 4) is 0 Å². The van der Waals surface area contributed by atoms with Crippen LogP contribution in [-0.4, -0.2) is 128 Å². The van der Waals surface area contributed by atoms with Crippen LogP contribution in [0.3, 0.4) is 0 Å². The van der Waals surface area contributed by atoms with Crippen molar-refractivity contribution < 1.29 is 63.7 Å². The summed E-state index contributed by atoms with van der Waals surface area (Å²) < 4.78 is 17.7. The number of hydrogen-bond donors (Lipinski definition) is 5. The maximum atomic E-state index is 14.2. The van der Waals surface area contributed by atoms with Crippen LogP contribution in [0.2, 0.25) is 0 Å². The van der Waals surface area contributed by atoms with E-state index in [9.17, 15) is 49.5 Å². The first-order valence-corrected chi connectivity index (χ1v) is 23.2. The van der Waals surface area contributed by atoms with Crippen LogP contribution in [0.1, 0.15) is 126 Å². The minimum atomic E-state index is -2.49. The molecular weight excluding hydrogens is 811 g/mol. The predicted octanol–water partition coefficient (Wildman–Crippen LogP) is 4.87. The van der Waals surface area contributed by atoms with E-state index in [1.54, 1.807) is 58.9 Å². The average Bonchev–Trinajstić information content (AvgIpc) is 3.24. The van der Waals surface area contributed by atoms with Gasteiger partial charge in [-0.1, -0.05) is 71.1 Å². The minimum absolute atomic E-state index is 0.0108.